The summed E-state index contributed by atoms with van der Waals surface area (Å²) in [4.78, 5) is 11.2. The lowest BCUT2D eigenvalue weighted by atomic mass is 10.0. The van der Waals surface area contributed by atoms with Crippen LogP contribution in [0, 0.1) is 11.8 Å². The summed E-state index contributed by atoms with van der Waals surface area (Å²) in [5, 5.41) is 12.9. The summed E-state index contributed by atoms with van der Waals surface area (Å²) in [6, 6.07) is -0.410. The van der Waals surface area contributed by atoms with E-state index in [1.807, 2.05) is 13.8 Å². The highest BCUT2D eigenvalue weighted by atomic mass is 16.5. The number of amides is 1. The second-order valence-electron chi connectivity index (χ2n) is 6.14. The third kappa shape index (κ3) is 9.82. The van der Waals surface area contributed by atoms with Crippen molar-refractivity contribution in [3.05, 3.63) is 0 Å². The molecule has 0 aromatic carbocycles. The van der Waals surface area contributed by atoms with E-state index in [-0.39, 0.29) is 11.8 Å². The van der Waals surface area contributed by atoms with Gasteiger partial charge in [-0.25, -0.2) is 0 Å². The van der Waals surface area contributed by atoms with Crippen molar-refractivity contribution in [1.29, 1.82) is 0 Å². The van der Waals surface area contributed by atoms with E-state index in [0.29, 0.717) is 25.7 Å². The van der Waals surface area contributed by atoms with Gasteiger partial charge in [-0.2, -0.15) is 0 Å². The van der Waals surface area contributed by atoms with Crippen LogP contribution in [0.3, 0.4) is 0 Å². The van der Waals surface area contributed by atoms with Crippen molar-refractivity contribution >= 4 is 5.91 Å². The summed E-state index contributed by atoms with van der Waals surface area (Å²) in [6.45, 7) is 9.50. The average molecular weight is 302 g/mol. The highest BCUT2D eigenvalue weighted by Crippen LogP contribution is 2.12. The Morgan fingerprint density at radius 2 is 1.95 bits per heavy atom. The van der Waals surface area contributed by atoms with Crippen LogP contribution in [0.15, 0.2) is 0 Å². The van der Waals surface area contributed by atoms with Gasteiger partial charge in [-0.3, -0.25) is 4.79 Å². The largest absolute Gasteiger partial charge is 0.389 e. The van der Waals surface area contributed by atoms with Crippen LogP contribution in [-0.4, -0.2) is 42.9 Å². The van der Waals surface area contributed by atoms with Crippen LogP contribution in [-0.2, 0) is 9.53 Å². The molecular formula is C16H34N2O3. The molecule has 0 radical (unpaired) electrons. The number of rotatable bonds is 13. The normalized spacial score (nSPS) is 15.9. The number of primary amides is 1. The van der Waals surface area contributed by atoms with Gasteiger partial charge in [0.15, 0.2) is 0 Å². The van der Waals surface area contributed by atoms with E-state index in [4.69, 9.17) is 10.5 Å². The SMILES string of the molecule is CCCCC(CC)COCC(O)CNC(C(N)=O)C(C)C. The summed E-state index contributed by atoms with van der Waals surface area (Å²) in [5.74, 6) is 0.289. The Balaban J connectivity index is 3.88. The molecule has 0 fully saturated rings. The maximum absolute atomic E-state index is 11.2. The molecule has 4 N–H and O–H groups in total. The number of ether oxygens (including phenoxy) is 1. The first-order valence-electron chi connectivity index (χ1n) is 8.20. The van der Waals surface area contributed by atoms with E-state index < -0.39 is 12.1 Å². The molecule has 0 heterocycles. The molecule has 3 atom stereocenters. The predicted octanol–water partition coefficient (Wildman–Crippen LogP) is 1.68. The van der Waals surface area contributed by atoms with Gasteiger partial charge >= 0.3 is 0 Å². The molecule has 0 aliphatic heterocycles. The zero-order valence-corrected chi connectivity index (χ0v) is 14.1. The lowest BCUT2D eigenvalue weighted by molar-refractivity contribution is -0.121. The van der Waals surface area contributed by atoms with E-state index in [2.05, 4.69) is 19.2 Å². The minimum Gasteiger partial charge on any atom is -0.389 e. The van der Waals surface area contributed by atoms with Crippen molar-refractivity contribution in [2.45, 2.75) is 65.5 Å². The summed E-state index contributed by atoms with van der Waals surface area (Å²) in [6.07, 6.45) is 4.09. The molecule has 0 bridgehead atoms. The molecule has 5 nitrogen and oxygen atoms in total. The van der Waals surface area contributed by atoms with E-state index in [9.17, 15) is 9.90 Å². The second kappa shape index (κ2) is 12.0. The molecule has 0 saturated carbocycles. The molecule has 0 aliphatic rings. The molecule has 5 heteroatoms. The molecule has 0 saturated heterocycles. The molecular weight excluding hydrogens is 268 g/mol. The fourth-order valence-electron chi connectivity index (χ4n) is 2.26. The molecule has 0 aromatic rings. The molecule has 0 aliphatic carbocycles. The van der Waals surface area contributed by atoms with E-state index >= 15 is 0 Å². The number of aliphatic hydroxyl groups is 1. The lowest BCUT2D eigenvalue weighted by Gasteiger charge is -2.21. The van der Waals surface area contributed by atoms with Crippen LogP contribution in [0.1, 0.15) is 53.4 Å². The topological polar surface area (TPSA) is 84.6 Å². The van der Waals surface area contributed by atoms with Gasteiger partial charge in [0.2, 0.25) is 5.91 Å². The van der Waals surface area contributed by atoms with Crippen LogP contribution in [0.2, 0.25) is 0 Å². The van der Waals surface area contributed by atoms with Crippen molar-refractivity contribution in [3.63, 3.8) is 0 Å². The number of unbranched alkanes of at least 4 members (excludes halogenated alkanes) is 1. The van der Waals surface area contributed by atoms with Gasteiger partial charge in [-0.05, 0) is 18.3 Å². The quantitative estimate of drug-likeness (QED) is 0.483. The third-order valence-electron chi connectivity index (χ3n) is 3.75. The molecule has 126 valence electrons. The number of nitrogens with one attached hydrogen (secondary N) is 1. The standard InChI is InChI=1S/C16H34N2O3/c1-5-7-8-13(6-2)10-21-11-14(19)9-18-15(12(3)4)16(17)20/h12-15,18-19H,5-11H2,1-4H3,(H2,17,20). The minimum atomic E-state index is -0.616. The monoisotopic (exact) mass is 302 g/mol. The fourth-order valence-corrected chi connectivity index (χ4v) is 2.26. The van der Waals surface area contributed by atoms with Gasteiger partial charge in [0.1, 0.15) is 0 Å². The summed E-state index contributed by atoms with van der Waals surface area (Å²) in [5.41, 5.74) is 5.31. The zero-order chi connectivity index (χ0) is 16.3. The first-order valence-corrected chi connectivity index (χ1v) is 8.20. The number of carbonyl (C=O) groups excluding carboxylic acids is 1. The number of nitrogens with two attached hydrogens (primary N) is 1. The Kier molecular flexibility index (Phi) is 11.6. The second-order valence-corrected chi connectivity index (χ2v) is 6.14. The van der Waals surface area contributed by atoms with Crippen molar-refractivity contribution in [1.82, 2.24) is 5.32 Å². The first-order chi connectivity index (χ1) is 9.92. The fraction of sp³-hybridized carbons (Fsp3) is 0.938. The Morgan fingerprint density at radius 3 is 2.43 bits per heavy atom. The molecule has 0 rings (SSSR count). The Labute approximate surface area is 129 Å². The highest BCUT2D eigenvalue weighted by Gasteiger charge is 2.20. The van der Waals surface area contributed by atoms with Crippen LogP contribution in [0.4, 0.5) is 0 Å². The smallest absolute Gasteiger partial charge is 0.234 e. The molecule has 3 unspecified atom stereocenters. The van der Waals surface area contributed by atoms with Gasteiger partial charge in [0.25, 0.3) is 0 Å². The zero-order valence-electron chi connectivity index (χ0n) is 14.1. The van der Waals surface area contributed by atoms with Gasteiger partial charge in [-0.15, -0.1) is 0 Å². The minimum absolute atomic E-state index is 0.106. The highest BCUT2D eigenvalue weighted by molar-refractivity contribution is 5.80. The maximum atomic E-state index is 11.2. The van der Waals surface area contributed by atoms with Crippen LogP contribution >= 0.6 is 0 Å². The van der Waals surface area contributed by atoms with Crippen molar-refractivity contribution in [2.75, 3.05) is 19.8 Å². The predicted molar refractivity (Wildman–Crippen MR) is 86.0 cm³/mol. The van der Waals surface area contributed by atoms with Gasteiger partial charge in [-0.1, -0.05) is 47.0 Å². The van der Waals surface area contributed by atoms with Crippen LogP contribution < -0.4 is 11.1 Å². The average Bonchev–Trinajstić information content (AvgIpc) is 2.41. The van der Waals surface area contributed by atoms with Gasteiger partial charge < -0.3 is 20.9 Å². The Bertz CT molecular complexity index is 272. The van der Waals surface area contributed by atoms with Crippen molar-refractivity contribution in [2.24, 2.45) is 17.6 Å². The Hall–Kier alpha value is -0.650. The number of hydrogen-bond acceptors (Lipinski definition) is 4. The number of carbonyl (C=O) groups is 1. The van der Waals surface area contributed by atoms with Crippen LogP contribution in [0.25, 0.3) is 0 Å². The van der Waals surface area contributed by atoms with E-state index in [0.717, 1.165) is 6.42 Å². The summed E-state index contributed by atoms with van der Waals surface area (Å²) >= 11 is 0. The summed E-state index contributed by atoms with van der Waals surface area (Å²) < 4.78 is 5.59. The van der Waals surface area contributed by atoms with Crippen molar-refractivity contribution in [3.8, 4) is 0 Å². The van der Waals surface area contributed by atoms with E-state index in [1.54, 1.807) is 0 Å². The molecule has 1 amide bonds. The Morgan fingerprint density at radius 1 is 1.29 bits per heavy atom. The van der Waals surface area contributed by atoms with Gasteiger partial charge in [0, 0.05) is 13.2 Å². The molecule has 0 spiro atoms. The lowest BCUT2D eigenvalue weighted by Crippen LogP contribution is -2.48. The van der Waals surface area contributed by atoms with Crippen molar-refractivity contribution < 1.29 is 14.6 Å². The first kappa shape index (κ1) is 20.3. The van der Waals surface area contributed by atoms with Crippen LogP contribution in [0.5, 0.6) is 0 Å². The molecule has 0 aromatic heterocycles. The maximum Gasteiger partial charge on any atom is 0.234 e. The third-order valence-corrected chi connectivity index (χ3v) is 3.75. The van der Waals surface area contributed by atoms with E-state index in [1.165, 1.54) is 19.3 Å². The number of aliphatic hydroxyl groups excluding tert-OH is 1. The molecule has 21 heavy (non-hydrogen) atoms. The number of hydrogen-bond donors (Lipinski definition) is 3. The summed E-state index contributed by atoms with van der Waals surface area (Å²) in [7, 11) is 0. The van der Waals surface area contributed by atoms with Gasteiger partial charge in [0.05, 0.1) is 18.8 Å².